The van der Waals surface area contributed by atoms with Crippen LogP contribution in [0, 0.1) is 0 Å². The van der Waals surface area contributed by atoms with E-state index in [0.29, 0.717) is 5.92 Å². The highest BCUT2D eigenvalue weighted by atomic mass is 15.1. The minimum absolute atomic E-state index is 0.525. The summed E-state index contributed by atoms with van der Waals surface area (Å²) in [6.07, 6.45) is 2.11. The number of aromatic nitrogens is 3. The van der Waals surface area contributed by atoms with Gasteiger partial charge in [-0.25, -0.2) is 4.98 Å². The Labute approximate surface area is 110 Å². The molecule has 0 spiro atoms. The molecule has 0 saturated carbocycles. The van der Waals surface area contributed by atoms with Gasteiger partial charge in [0.15, 0.2) is 0 Å². The van der Waals surface area contributed by atoms with Crippen LogP contribution in [-0.2, 0) is 0 Å². The lowest BCUT2D eigenvalue weighted by Gasteiger charge is -2.04. The number of pyridine rings is 1. The molecule has 0 amide bonds. The zero-order valence-corrected chi connectivity index (χ0v) is 11.0. The second-order valence-electron chi connectivity index (χ2n) is 5.32. The van der Waals surface area contributed by atoms with E-state index in [0.717, 1.165) is 22.3 Å². The van der Waals surface area contributed by atoms with Crippen molar-refractivity contribution in [1.82, 2.24) is 14.4 Å². The van der Waals surface area contributed by atoms with Gasteiger partial charge in [0, 0.05) is 17.1 Å². The average Bonchev–Trinajstić information content (AvgIpc) is 2.93. The Bertz CT molecular complexity index is 896. The molecule has 3 heteroatoms. The number of nitrogens with zero attached hydrogens (tertiary/aromatic N) is 2. The Morgan fingerprint density at radius 2 is 2.00 bits per heavy atom. The second-order valence-corrected chi connectivity index (χ2v) is 5.32. The van der Waals surface area contributed by atoms with E-state index in [9.17, 15) is 0 Å². The van der Waals surface area contributed by atoms with E-state index >= 15 is 0 Å². The molecule has 0 unspecified atom stereocenters. The standard InChI is InChI=1S/C16H15N3/c1-10(2)11-7-8-19-14(9-11)18-15-12-5-3-4-6-13(12)17-16(15)19/h3-10,17H,1-2H3. The fraction of sp³-hybridized carbons (Fsp3) is 0.188. The third kappa shape index (κ3) is 1.41. The van der Waals surface area contributed by atoms with Gasteiger partial charge in [-0.3, -0.25) is 4.40 Å². The van der Waals surface area contributed by atoms with Crippen LogP contribution in [0.3, 0.4) is 0 Å². The maximum absolute atomic E-state index is 4.78. The van der Waals surface area contributed by atoms with Crippen molar-refractivity contribution in [2.75, 3.05) is 0 Å². The fourth-order valence-corrected chi connectivity index (χ4v) is 2.65. The van der Waals surface area contributed by atoms with Crippen molar-refractivity contribution in [3.8, 4) is 0 Å². The quantitative estimate of drug-likeness (QED) is 0.541. The van der Waals surface area contributed by atoms with Crippen LogP contribution in [0.15, 0.2) is 42.6 Å². The lowest BCUT2D eigenvalue weighted by Crippen LogP contribution is -1.91. The number of hydrogen-bond donors (Lipinski definition) is 1. The zero-order valence-electron chi connectivity index (χ0n) is 11.0. The first kappa shape index (κ1) is 10.6. The molecule has 19 heavy (non-hydrogen) atoms. The number of H-pyrrole nitrogens is 1. The molecule has 94 valence electrons. The largest absolute Gasteiger partial charge is 0.339 e. The van der Waals surface area contributed by atoms with E-state index in [1.165, 1.54) is 10.9 Å². The molecule has 4 aromatic rings. The second kappa shape index (κ2) is 3.60. The first-order valence-electron chi connectivity index (χ1n) is 6.62. The average molecular weight is 249 g/mol. The molecular formula is C16H15N3. The molecule has 0 radical (unpaired) electrons. The number of fused-ring (bicyclic) bond motifs is 5. The highest BCUT2D eigenvalue weighted by molar-refractivity contribution is 6.05. The number of para-hydroxylation sites is 1. The molecule has 0 bridgehead atoms. The molecule has 0 aliphatic carbocycles. The van der Waals surface area contributed by atoms with Gasteiger partial charge in [0.25, 0.3) is 0 Å². The predicted molar refractivity (Wildman–Crippen MR) is 78.6 cm³/mol. The molecule has 0 atom stereocenters. The van der Waals surface area contributed by atoms with Crippen molar-refractivity contribution in [1.29, 1.82) is 0 Å². The maximum atomic E-state index is 4.78. The third-order valence-electron chi connectivity index (χ3n) is 3.75. The predicted octanol–water partition coefficient (Wildman–Crippen LogP) is 4.09. The van der Waals surface area contributed by atoms with Crippen LogP contribution in [0.25, 0.3) is 27.7 Å². The van der Waals surface area contributed by atoms with E-state index in [1.54, 1.807) is 0 Å². The van der Waals surface area contributed by atoms with Gasteiger partial charge in [0.2, 0.25) is 0 Å². The molecule has 1 N–H and O–H groups in total. The highest BCUT2D eigenvalue weighted by Gasteiger charge is 2.11. The maximum Gasteiger partial charge on any atom is 0.143 e. The first-order valence-corrected chi connectivity index (χ1v) is 6.62. The van der Waals surface area contributed by atoms with Crippen LogP contribution in [0.5, 0.6) is 0 Å². The molecule has 0 aliphatic rings. The topological polar surface area (TPSA) is 33.1 Å². The minimum Gasteiger partial charge on any atom is -0.339 e. The summed E-state index contributed by atoms with van der Waals surface area (Å²) < 4.78 is 2.13. The van der Waals surface area contributed by atoms with Crippen molar-refractivity contribution < 1.29 is 0 Å². The molecule has 4 rings (SSSR count). The van der Waals surface area contributed by atoms with Crippen LogP contribution < -0.4 is 0 Å². The summed E-state index contributed by atoms with van der Waals surface area (Å²) in [6, 6.07) is 12.6. The first-order chi connectivity index (χ1) is 9.24. The van der Waals surface area contributed by atoms with Gasteiger partial charge in [-0.05, 0) is 29.7 Å². The van der Waals surface area contributed by atoms with Gasteiger partial charge >= 0.3 is 0 Å². The van der Waals surface area contributed by atoms with Crippen molar-refractivity contribution in [2.24, 2.45) is 0 Å². The van der Waals surface area contributed by atoms with Crippen LogP contribution in [0.1, 0.15) is 25.3 Å². The van der Waals surface area contributed by atoms with Crippen LogP contribution in [0.4, 0.5) is 0 Å². The van der Waals surface area contributed by atoms with Crippen LogP contribution in [0.2, 0.25) is 0 Å². The number of rotatable bonds is 1. The summed E-state index contributed by atoms with van der Waals surface area (Å²) in [7, 11) is 0. The summed E-state index contributed by atoms with van der Waals surface area (Å²) in [5.74, 6) is 0.525. The van der Waals surface area contributed by atoms with Gasteiger partial charge < -0.3 is 4.98 Å². The molecule has 0 saturated heterocycles. The number of aromatic amines is 1. The molecule has 3 aromatic heterocycles. The Morgan fingerprint density at radius 1 is 1.16 bits per heavy atom. The summed E-state index contributed by atoms with van der Waals surface area (Å²) in [6.45, 7) is 4.41. The monoisotopic (exact) mass is 249 g/mol. The zero-order chi connectivity index (χ0) is 13.0. The smallest absolute Gasteiger partial charge is 0.143 e. The Hall–Kier alpha value is -2.29. The van der Waals surface area contributed by atoms with Gasteiger partial charge in [-0.1, -0.05) is 32.0 Å². The molecule has 0 aliphatic heterocycles. The van der Waals surface area contributed by atoms with E-state index < -0.39 is 0 Å². The van der Waals surface area contributed by atoms with Crippen molar-refractivity contribution >= 4 is 27.7 Å². The van der Waals surface area contributed by atoms with Crippen LogP contribution >= 0.6 is 0 Å². The van der Waals surface area contributed by atoms with E-state index in [2.05, 4.69) is 59.8 Å². The SMILES string of the molecule is CC(C)c1ccn2c(c1)nc1c3ccccc3[nH]c12. The van der Waals surface area contributed by atoms with Gasteiger partial charge in [0.1, 0.15) is 16.8 Å². The summed E-state index contributed by atoms with van der Waals surface area (Å²) in [5.41, 5.74) is 5.60. The van der Waals surface area contributed by atoms with Crippen molar-refractivity contribution in [3.63, 3.8) is 0 Å². The number of nitrogens with one attached hydrogen (secondary N) is 1. The normalized spacial score (nSPS) is 12.2. The third-order valence-corrected chi connectivity index (χ3v) is 3.75. The Morgan fingerprint density at radius 3 is 2.84 bits per heavy atom. The van der Waals surface area contributed by atoms with Gasteiger partial charge in [0.05, 0.1) is 0 Å². The lowest BCUT2D eigenvalue weighted by atomic mass is 10.1. The Kier molecular flexibility index (Phi) is 2.01. The fourth-order valence-electron chi connectivity index (χ4n) is 2.65. The van der Waals surface area contributed by atoms with Crippen molar-refractivity contribution in [3.05, 3.63) is 48.2 Å². The van der Waals surface area contributed by atoms with E-state index in [-0.39, 0.29) is 0 Å². The van der Waals surface area contributed by atoms with Gasteiger partial charge in [-0.15, -0.1) is 0 Å². The summed E-state index contributed by atoms with van der Waals surface area (Å²) >= 11 is 0. The van der Waals surface area contributed by atoms with E-state index in [1.807, 2.05) is 6.07 Å². The molecule has 3 nitrogen and oxygen atoms in total. The van der Waals surface area contributed by atoms with E-state index in [4.69, 9.17) is 4.98 Å². The molecular weight excluding hydrogens is 234 g/mol. The number of hydrogen-bond acceptors (Lipinski definition) is 1. The molecule has 0 fully saturated rings. The van der Waals surface area contributed by atoms with Gasteiger partial charge in [-0.2, -0.15) is 0 Å². The summed E-state index contributed by atoms with van der Waals surface area (Å²) in [4.78, 5) is 8.23. The minimum atomic E-state index is 0.525. The number of benzene rings is 1. The molecule has 1 aromatic carbocycles. The number of imidazole rings is 1. The van der Waals surface area contributed by atoms with Crippen LogP contribution in [-0.4, -0.2) is 14.4 Å². The molecule has 3 heterocycles. The highest BCUT2D eigenvalue weighted by Crippen LogP contribution is 2.26. The lowest BCUT2D eigenvalue weighted by molar-refractivity contribution is 0.863. The summed E-state index contributed by atoms with van der Waals surface area (Å²) in [5, 5.41) is 1.19. The Balaban J connectivity index is 2.12. The van der Waals surface area contributed by atoms with Crippen molar-refractivity contribution in [2.45, 2.75) is 19.8 Å².